The summed E-state index contributed by atoms with van der Waals surface area (Å²) in [7, 11) is 1.89. The van der Waals surface area contributed by atoms with Crippen molar-refractivity contribution in [2.24, 2.45) is 0 Å². The molecule has 0 saturated carbocycles. The van der Waals surface area contributed by atoms with Crippen LogP contribution in [0.2, 0.25) is 0 Å². The zero-order valence-electron chi connectivity index (χ0n) is 10.9. The largest absolute Gasteiger partial charge is 0.393 e. The number of hydrogen-bond acceptors (Lipinski definition) is 4. The van der Waals surface area contributed by atoms with Crippen molar-refractivity contribution in [3.63, 3.8) is 0 Å². The predicted octanol–water partition coefficient (Wildman–Crippen LogP) is 1.78. The molecule has 1 rings (SSSR count). The molecule has 0 saturated heterocycles. The molecular formula is C13H19N3O. The SMILES string of the molecule is Cc1cc(C)c(C#N)c(N(C)CCC(C)O)n1. The number of hydrogen-bond donors (Lipinski definition) is 1. The predicted molar refractivity (Wildman–Crippen MR) is 68.0 cm³/mol. The molecule has 92 valence electrons. The van der Waals surface area contributed by atoms with Crippen LogP contribution in [0.1, 0.15) is 30.2 Å². The van der Waals surface area contributed by atoms with E-state index in [-0.39, 0.29) is 6.10 Å². The highest BCUT2D eigenvalue weighted by atomic mass is 16.3. The molecule has 1 atom stereocenters. The van der Waals surface area contributed by atoms with Gasteiger partial charge in [0.2, 0.25) is 0 Å². The normalized spacial score (nSPS) is 12.0. The van der Waals surface area contributed by atoms with E-state index in [4.69, 9.17) is 5.26 Å². The number of anilines is 1. The third-order valence-corrected chi connectivity index (χ3v) is 2.68. The van der Waals surface area contributed by atoms with Gasteiger partial charge in [-0.1, -0.05) is 0 Å². The van der Waals surface area contributed by atoms with E-state index >= 15 is 0 Å². The molecule has 1 unspecified atom stereocenters. The van der Waals surface area contributed by atoms with Gasteiger partial charge in [0.25, 0.3) is 0 Å². The Kier molecular flexibility index (Phi) is 4.47. The van der Waals surface area contributed by atoms with Gasteiger partial charge in [0.15, 0.2) is 0 Å². The van der Waals surface area contributed by atoms with Crippen molar-refractivity contribution in [1.82, 2.24) is 4.98 Å². The Morgan fingerprint density at radius 3 is 2.71 bits per heavy atom. The van der Waals surface area contributed by atoms with E-state index in [1.54, 1.807) is 6.92 Å². The molecule has 17 heavy (non-hydrogen) atoms. The fraction of sp³-hybridized carbons (Fsp3) is 0.538. The minimum absolute atomic E-state index is 0.339. The lowest BCUT2D eigenvalue weighted by molar-refractivity contribution is 0.187. The quantitative estimate of drug-likeness (QED) is 0.861. The first-order chi connectivity index (χ1) is 7.95. The molecule has 1 aromatic heterocycles. The second-order valence-corrected chi connectivity index (χ2v) is 4.45. The van der Waals surface area contributed by atoms with Crippen molar-refractivity contribution in [3.05, 3.63) is 22.9 Å². The number of aliphatic hydroxyl groups is 1. The molecule has 1 aromatic rings. The van der Waals surface area contributed by atoms with Crippen LogP contribution in [0, 0.1) is 25.2 Å². The fourth-order valence-corrected chi connectivity index (χ4v) is 1.72. The lowest BCUT2D eigenvalue weighted by atomic mass is 10.1. The number of aromatic nitrogens is 1. The summed E-state index contributed by atoms with van der Waals surface area (Å²) in [5, 5.41) is 18.4. The van der Waals surface area contributed by atoms with Crippen molar-refractivity contribution >= 4 is 5.82 Å². The molecule has 4 nitrogen and oxygen atoms in total. The molecule has 0 amide bonds. The molecule has 0 aliphatic rings. The number of aryl methyl sites for hydroxylation is 2. The van der Waals surface area contributed by atoms with E-state index in [2.05, 4.69) is 11.1 Å². The Morgan fingerprint density at radius 1 is 1.53 bits per heavy atom. The minimum Gasteiger partial charge on any atom is -0.393 e. The van der Waals surface area contributed by atoms with Crippen molar-refractivity contribution < 1.29 is 5.11 Å². The van der Waals surface area contributed by atoms with Crippen LogP contribution in [0.4, 0.5) is 5.82 Å². The number of nitrogens with zero attached hydrogens (tertiary/aromatic N) is 3. The Morgan fingerprint density at radius 2 is 2.18 bits per heavy atom. The summed E-state index contributed by atoms with van der Waals surface area (Å²) >= 11 is 0. The van der Waals surface area contributed by atoms with E-state index in [1.807, 2.05) is 31.9 Å². The van der Waals surface area contributed by atoms with Crippen LogP contribution in [0.25, 0.3) is 0 Å². The zero-order chi connectivity index (χ0) is 13.0. The maximum Gasteiger partial charge on any atom is 0.146 e. The monoisotopic (exact) mass is 233 g/mol. The van der Waals surface area contributed by atoms with Gasteiger partial charge in [-0.15, -0.1) is 0 Å². The highest BCUT2D eigenvalue weighted by Crippen LogP contribution is 2.20. The molecule has 1 heterocycles. The van der Waals surface area contributed by atoms with Gasteiger partial charge in [0.1, 0.15) is 11.9 Å². The second kappa shape index (κ2) is 5.65. The first kappa shape index (κ1) is 13.5. The van der Waals surface area contributed by atoms with Gasteiger partial charge >= 0.3 is 0 Å². The molecule has 0 spiro atoms. The minimum atomic E-state index is -0.339. The van der Waals surface area contributed by atoms with Crippen LogP contribution in [-0.4, -0.2) is 29.8 Å². The van der Waals surface area contributed by atoms with Gasteiger partial charge in [-0.3, -0.25) is 0 Å². The van der Waals surface area contributed by atoms with Crippen LogP contribution in [0.15, 0.2) is 6.07 Å². The summed E-state index contributed by atoms with van der Waals surface area (Å²) in [5.74, 6) is 0.700. The van der Waals surface area contributed by atoms with Crippen molar-refractivity contribution in [2.45, 2.75) is 33.3 Å². The second-order valence-electron chi connectivity index (χ2n) is 4.45. The summed E-state index contributed by atoms with van der Waals surface area (Å²) in [6.07, 6.45) is 0.324. The third-order valence-electron chi connectivity index (χ3n) is 2.68. The lowest BCUT2D eigenvalue weighted by Gasteiger charge is -2.21. The highest BCUT2D eigenvalue weighted by molar-refractivity contribution is 5.57. The average Bonchev–Trinajstić information content (AvgIpc) is 2.24. The first-order valence-electron chi connectivity index (χ1n) is 5.73. The Bertz CT molecular complexity index is 435. The molecular weight excluding hydrogens is 214 g/mol. The Labute approximate surface area is 103 Å². The topological polar surface area (TPSA) is 60.2 Å². The number of pyridine rings is 1. The third kappa shape index (κ3) is 3.43. The highest BCUT2D eigenvalue weighted by Gasteiger charge is 2.13. The first-order valence-corrected chi connectivity index (χ1v) is 5.73. The van der Waals surface area contributed by atoms with Crippen LogP contribution in [0.3, 0.4) is 0 Å². The van der Waals surface area contributed by atoms with Crippen LogP contribution >= 0.6 is 0 Å². The molecule has 0 aromatic carbocycles. The number of aliphatic hydroxyl groups excluding tert-OH is 1. The standard InChI is InChI=1S/C13H19N3O/c1-9-7-10(2)15-13(12(9)8-14)16(4)6-5-11(3)17/h7,11,17H,5-6H2,1-4H3. The van der Waals surface area contributed by atoms with Crippen molar-refractivity contribution in [1.29, 1.82) is 5.26 Å². The van der Waals surface area contributed by atoms with Crippen LogP contribution < -0.4 is 4.90 Å². The lowest BCUT2D eigenvalue weighted by Crippen LogP contribution is -2.24. The molecule has 1 N–H and O–H groups in total. The van der Waals surface area contributed by atoms with Gasteiger partial charge in [0.05, 0.1) is 11.7 Å². The van der Waals surface area contributed by atoms with E-state index in [0.717, 1.165) is 11.3 Å². The maximum atomic E-state index is 9.27. The molecule has 4 heteroatoms. The number of rotatable bonds is 4. The van der Waals surface area contributed by atoms with E-state index < -0.39 is 0 Å². The van der Waals surface area contributed by atoms with Crippen molar-refractivity contribution in [3.8, 4) is 6.07 Å². The number of nitriles is 1. The summed E-state index contributed by atoms with van der Waals surface area (Å²) < 4.78 is 0. The fourth-order valence-electron chi connectivity index (χ4n) is 1.72. The Hall–Kier alpha value is -1.60. The molecule has 0 radical (unpaired) electrons. The smallest absolute Gasteiger partial charge is 0.146 e. The summed E-state index contributed by atoms with van der Waals surface area (Å²) in [5.41, 5.74) is 2.46. The average molecular weight is 233 g/mol. The summed E-state index contributed by atoms with van der Waals surface area (Å²) in [4.78, 5) is 6.33. The van der Waals surface area contributed by atoms with Gasteiger partial charge < -0.3 is 10.0 Å². The van der Waals surface area contributed by atoms with E-state index in [0.29, 0.717) is 24.3 Å². The molecule has 0 aliphatic heterocycles. The van der Waals surface area contributed by atoms with Crippen LogP contribution in [-0.2, 0) is 0 Å². The molecule has 0 fully saturated rings. The molecule has 0 aliphatic carbocycles. The van der Waals surface area contributed by atoms with E-state index in [9.17, 15) is 5.11 Å². The van der Waals surface area contributed by atoms with Crippen LogP contribution in [0.5, 0.6) is 0 Å². The Balaban J connectivity index is 3.00. The van der Waals surface area contributed by atoms with Gasteiger partial charge in [-0.05, 0) is 38.8 Å². The summed E-state index contributed by atoms with van der Waals surface area (Å²) in [6, 6.07) is 4.10. The maximum absolute atomic E-state index is 9.27. The van der Waals surface area contributed by atoms with Gasteiger partial charge in [0, 0.05) is 19.3 Å². The summed E-state index contributed by atoms with van der Waals surface area (Å²) in [6.45, 7) is 6.27. The zero-order valence-corrected chi connectivity index (χ0v) is 10.9. The van der Waals surface area contributed by atoms with Gasteiger partial charge in [-0.2, -0.15) is 5.26 Å². The molecule has 0 bridgehead atoms. The van der Waals surface area contributed by atoms with Gasteiger partial charge in [-0.25, -0.2) is 4.98 Å². The van der Waals surface area contributed by atoms with Crippen molar-refractivity contribution in [2.75, 3.05) is 18.5 Å². The van der Waals surface area contributed by atoms with E-state index in [1.165, 1.54) is 0 Å².